The minimum atomic E-state index is -0.0963. The molecule has 4 unspecified atom stereocenters. The summed E-state index contributed by atoms with van der Waals surface area (Å²) >= 11 is 0. The molecule has 4 atom stereocenters. The van der Waals surface area contributed by atoms with Crippen LogP contribution in [0.4, 0.5) is 0 Å². The molecule has 0 aromatic heterocycles. The van der Waals surface area contributed by atoms with Crippen LogP contribution in [0.3, 0.4) is 0 Å². The molecular formula is C10H12N2O2. The fraction of sp³-hybridized carbons (Fsp3) is 0.600. The van der Waals surface area contributed by atoms with Gasteiger partial charge in [-0.1, -0.05) is 12.2 Å². The Morgan fingerprint density at radius 1 is 1.21 bits per heavy atom. The van der Waals surface area contributed by atoms with Crippen LogP contribution in [0.5, 0.6) is 0 Å². The third kappa shape index (κ3) is 0.733. The number of nitrogens with zero attached hydrogens (tertiary/aromatic N) is 1. The summed E-state index contributed by atoms with van der Waals surface area (Å²) in [5.41, 5.74) is 5.39. The van der Waals surface area contributed by atoms with Crippen molar-refractivity contribution < 1.29 is 9.59 Å². The fourth-order valence-corrected chi connectivity index (χ4v) is 3.14. The lowest BCUT2D eigenvalue weighted by atomic mass is 9.85. The van der Waals surface area contributed by atoms with Gasteiger partial charge in [0.15, 0.2) is 0 Å². The van der Waals surface area contributed by atoms with Crippen LogP contribution in [0.15, 0.2) is 12.2 Å². The van der Waals surface area contributed by atoms with Gasteiger partial charge < -0.3 is 5.73 Å². The molecule has 0 aromatic carbocycles. The zero-order valence-corrected chi connectivity index (χ0v) is 7.72. The monoisotopic (exact) mass is 192 g/mol. The Balaban J connectivity index is 2.02. The first kappa shape index (κ1) is 8.17. The number of rotatable bonds is 1. The molecule has 3 aliphatic rings. The predicted octanol–water partition coefficient (Wildman–Crippen LogP) is -0.290. The van der Waals surface area contributed by atoms with Gasteiger partial charge >= 0.3 is 0 Å². The second-order valence-electron chi connectivity index (χ2n) is 4.29. The van der Waals surface area contributed by atoms with Crippen LogP contribution in [-0.2, 0) is 9.59 Å². The van der Waals surface area contributed by atoms with Crippen molar-refractivity contribution in [2.75, 3.05) is 6.67 Å². The van der Waals surface area contributed by atoms with E-state index in [4.69, 9.17) is 5.73 Å². The lowest BCUT2D eigenvalue weighted by Gasteiger charge is -2.14. The normalized spacial score (nSPS) is 43.9. The van der Waals surface area contributed by atoms with E-state index in [1.165, 1.54) is 4.90 Å². The SMILES string of the molecule is NCN1C(=O)C2C3C=CC(C3)C2C1=O. The van der Waals surface area contributed by atoms with Gasteiger partial charge in [-0.05, 0) is 18.3 Å². The molecule has 0 aromatic rings. The van der Waals surface area contributed by atoms with Crippen LogP contribution in [-0.4, -0.2) is 23.4 Å². The van der Waals surface area contributed by atoms with Gasteiger partial charge in [-0.25, -0.2) is 0 Å². The van der Waals surface area contributed by atoms with Crippen molar-refractivity contribution in [1.29, 1.82) is 0 Å². The van der Waals surface area contributed by atoms with Crippen LogP contribution in [0.25, 0.3) is 0 Å². The maximum atomic E-state index is 11.8. The fourth-order valence-electron chi connectivity index (χ4n) is 3.14. The van der Waals surface area contributed by atoms with E-state index < -0.39 is 0 Å². The van der Waals surface area contributed by atoms with Crippen LogP contribution >= 0.6 is 0 Å². The number of hydrogen-bond donors (Lipinski definition) is 1. The van der Waals surface area contributed by atoms with E-state index >= 15 is 0 Å². The zero-order chi connectivity index (χ0) is 9.87. The van der Waals surface area contributed by atoms with Crippen LogP contribution in [0.2, 0.25) is 0 Å². The highest BCUT2D eigenvalue weighted by molar-refractivity contribution is 6.06. The first-order valence-corrected chi connectivity index (χ1v) is 4.97. The molecule has 2 fully saturated rings. The van der Waals surface area contributed by atoms with Gasteiger partial charge in [0.25, 0.3) is 0 Å². The van der Waals surface area contributed by atoms with E-state index in [1.54, 1.807) is 0 Å². The minimum absolute atomic E-state index is 0.0319. The van der Waals surface area contributed by atoms with Crippen molar-refractivity contribution in [3.05, 3.63) is 12.2 Å². The Labute approximate surface area is 81.7 Å². The van der Waals surface area contributed by atoms with Crippen molar-refractivity contribution in [2.24, 2.45) is 29.4 Å². The van der Waals surface area contributed by atoms with Crippen molar-refractivity contribution in [3.8, 4) is 0 Å². The largest absolute Gasteiger partial charge is 0.313 e. The molecule has 2 amide bonds. The molecule has 3 rings (SSSR count). The van der Waals surface area contributed by atoms with Crippen LogP contribution < -0.4 is 5.73 Å². The van der Waals surface area contributed by atoms with Gasteiger partial charge in [-0.15, -0.1) is 0 Å². The van der Waals surface area contributed by atoms with Gasteiger partial charge in [0.05, 0.1) is 18.5 Å². The topological polar surface area (TPSA) is 63.4 Å². The summed E-state index contributed by atoms with van der Waals surface area (Å²) in [6.45, 7) is 0.0319. The Kier molecular flexibility index (Phi) is 1.43. The number of likely N-dealkylation sites (tertiary alicyclic amines) is 1. The third-order valence-electron chi connectivity index (χ3n) is 3.74. The van der Waals surface area contributed by atoms with E-state index in [0.717, 1.165) is 6.42 Å². The first-order valence-electron chi connectivity index (χ1n) is 4.97. The molecule has 0 radical (unpaired) electrons. The molecule has 4 heteroatoms. The summed E-state index contributed by atoms with van der Waals surface area (Å²) in [6.07, 6.45) is 5.14. The molecule has 14 heavy (non-hydrogen) atoms. The van der Waals surface area contributed by atoms with E-state index in [1.807, 2.05) is 0 Å². The summed E-state index contributed by atoms with van der Waals surface area (Å²) in [4.78, 5) is 24.8. The summed E-state index contributed by atoms with van der Waals surface area (Å²) in [6, 6.07) is 0. The predicted molar refractivity (Wildman–Crippen MR) is 48.6 cm³/mol. The smallest absolute Gasteiger partial charge is 0.234 e. The Morgan fingerprint density at radius 3 is 2.14 bits per heavy atom. The molecule has 4 nitrogen and oxygen atoms in total. The molecule has 1 saturated carbocycles. The van der Waals surface area contributed by atoms with E-state index in [-0.39, 0.29) is 42.2 Å². The third-order valence-corrected chi connectivity index (χ3v) is 3.74. The highest BCUT2D eigenvalue weighted by Crippen LogP contribution is 2.52. The van der Waals surface area contributed by atoms with Gasteiger partial charge in [-0.2, -0.15) is 0 Å². The number of hydrogen-bond acceptors (Lipinski definition) is 3. The maximum Gasteiger partial charge on any atom is 0.234 e. The highest BCUT2D eigenvalue weighted by Gasteiger charge is 2.58. The molecular weight excluding hydrogens is 180 g/mol. The summed E-state index contributed by atoms with van der Waals surface area (Å²) in [7, 11) is 0. The van der Waals surface area contributed by atoms with Crippen LogP contribution in [0.1, 0.15) is 6.42 Å². The van der Waals surface area contributed by atoms with E-state index in [2.05, 4.69) is 12.2 Å². The van der Waals surface area contributed by atoms with Crippen molar-refractivity contribution in [3.63, 3.8) is 0 Å². The lowest BCUT2D eigenvalue weighted by molar-refractivity contribution is -0.140. The van der Waals surface area contributed by atoms with Crippen molar-refractivity contribution in [2.45, 2.75) is 6.42 Å². The number of allylic oxidation sites excluding steroid dienone is 2. The second kappa shape index (κ2) is 2.45. The number of imide groups is 1. The summed E-state index contributed by atoms with van der Waals surface area (Å²) in [5, 5.41) is 0. The Hall–Kier alpha value is -1.16. The lowest BCUT2D eigenvalue weighted by Crippen LogP contribution is -2.37. The highest BCUT2D eigenvalue weighted by atomic mass is 16.2. The molecule has 1 heterocycles. The standard InChI is InChI=1S/C10H12N2O2/c11-4-12-9(13)7-5-1-2-6(3-5)8(7)10(12)14/h1-2,5-8H,3-4,11H2. The van der Waals surface area contributed by atoms with E-state index in [9.17, 15) is 9.59 Å². The number of carbonyl (C=O) groups is 2. The number of amides is 2. The van der Waals surface area contributed by atoms with Gasteiger partial charge in [0, 0.05) is 0 Å². The second-order valence-corrected chi connectivity index (χ2v) is 4.29. The molecule has 1 saturated heterocycles. The van der Waals surface area contributed by atoms with Crippen molar-refractivity contribution in [1.82, 2.24) is 4.90 Å². The zero-order valence-electron chi connectivity index (χ0n) is 7.72. The first-order chi connectivity index (χ1) is 6.74. The van der Waals surface area contributed by atoms with Crippen molar-refractivity contribution >= 4 is 11.8 Å². The number of nitrogens with two attached hydrogens (primary N) is 1. The molecule has 2 bridgehead atoms. The van der Waals surface area contributed by atoms with Crippen LogP contribution in [0, 0.1) is 23.7 Å². The average Bonchev–Trinajstić information content (AvgIpc) is 2.80. The molecule has 0 spiro atoms. The van der Waals surface area contributed by atoms with Gasteiger partial charge in [0.1, 0.15) is 0 Å². The van der Waals surface area contributed by atoms with Gasteiger partial charge in [-0.3, -0.25) is 14.5 Å². The molecule has 1 aliphatic heterocycles. The number of carbonyl (C=O) groups excluding carboxylic acids is 2. The maximum absolute atomic E-state index is 11.8. The molecule has 2 aliphatic carbocycles. The molecule has 2 N–H and O–H groups in total. The summed E-state index contributed by atoms with van der Waals surface area (Å²) in [5.74, 6) is 0.275. The van der Waals surface area contributed by atoms with E-state index in [0.29, 0.717) is 0 Å². The minimum Gasteiger partial charge on any atom is -0.313 e. The Morgan fingerprint density at radius 2 is 1.71 bits per heavy atom. The quantitative estimate of drug-likeness (QED) is 0.458. The summed E-state index contributed by atoms with van der Waals surface area (Å²) < 4.78 is 0. The average molecular weight is 192 g/mol. The number of fused-ring (bicyclic) bond motifs is 5. The molecule has 74 valence electrons. The van der Waals surface area contributed by atoms with Gasteiger partial charge in [0.2, 0.25) is 11.8 Å². The Bertz CT molecular complexity index is 320.